The molecule has 4 rings (SSSR count). The van der Waals surface area contributed by atoms with Crippen molar-refractivity contribution in [2.45, 2.75) is 38.0 Å². The van der Waals surface area contributed by atoms with Gasteiger partial charge in [-0.15, -0.1) is 0 Å². The van der Waals surface area contributed by atoms with Crippen LogP contribution in [-0.2, 0) is 35.2 Å². The third-order valence-electron chi connectivity index (χ3n) is 5.16. The normalized spacial score (nSPS) is 13.9. The van der Waals surface area contributed by atoms with Crippen LogP contribution in [0, 0.1) is 11.6 Å². The van der Waals surface area contributed by atoms with Gasteiger partial charge >= 0.3 is 0 Å². The molecule has 2 aromatic heterocycles. The number of sulfonamides is 1. The van der Waals surface area contributed by atoms with Crippen molar-refractivity contribution < 1.29 is 17.2 Å². The topological polar surface area (TPSA) is 76.9 Å². The Balaban J connectivity index is 1.47. The predicted molar refractivity (Wildman–Crippen MR) is 109 cm³/mol. The van der Waals surface area contributed by atoms with Crippen LogP contribution in [0.25, 0.3) is 11.4 Å². The van der Waals surface area contributed by atoms with Gasteiger partial charge in [0.15, 0.2) is 0 Å². The zero-order valence-electron chi connectivity index (χ0n) is 16.3. The maximum Gasteiger partial charge on any atom is 0.215 e. The molecule has 9 heteroatoms. The molecule has 0 saturated heterocycles. The van der Waals surface area contributed by atoms with Gasteiger partial charge < -0.3 is 0 Å². The fourth-order valence-electron chi connectivity index (χ4n) is 3.78. The van der Waals surface area contributed by atoms with Crippen LogP contribution in [0.15, 0.2) is 42.6 Å². The second-order valence-electron chi connectivity index (χ2n) is 7.31. The number of hydrogen-bond acceptors (Lipinski definition) is 4. The van der Waals surface area contributed by atoms with Crippen molar-refractivity contribution in [3.63, 3.8) is 0 Å². The van der Waals surface area contributed by atoms with Gasteiger partial charge in [0.25, 0.3) is 0 Å². The fraction of sp³-hybridized carbons (Fsp3) is 0.333. The number of nitrogens with one attached hydrogen (secondary N) is 1. The molecule has 1 N–H and O–H groups in total. The van der Waals surface area contributed by atoms with E-state index < -0.39 is 27.4 Å². The highest BCUT2D eigenvalue weighted by atomic mass is 32.2. The summed E-state index contributed by atoms with van der Waals surface area (Å²) >= 11 is 0. The minimum atomic E-state index is -3.82. The molecule has 0 amide bonds. The Hall–Kier alpha value is -2.65. The van der Waals surface area contributed by atoms with E-state index in [1.807, 2.05) is 22.9 Å². The van der Waals surface area contributed by atoms with Crippen molar-refractivity contribution in [1.82, 2.24) is 19.5 Å². The Morgan fingerprint density at radius 1 is 1.10 bits per heavy atom. The average Bonchev–Trinajstić information content (AvgIpc) is 3.10. The van der Waals surface area contributed by atoms with Gasteiger partial charge in [-0.1, -0.05) is 6.07 Å². The summed E-state index contributed by atoms with van der Waals surface area (Å²) in [7, 11) is -3.82. The summed E-state index contributed by atoms with van der Waals surface area (Å²) in [6.07, 6.45) is 5.68. The molecule has 6 nitrogen and oxygen atoms in total. The Labute approximate surface area is 174 Å². The Morgan fingerprint density at radius 3 is 2.73 bits per heavy atom. The van der Waals surface area contributed by atoms with Crippen LogP contribution >= 0.6 is 0 Å². The monoisotopic (exact) mass is 432 g/mol. The van der Waals surface area contributed by atoms with Gasteiger partial charge in [0.05, 0.1) is 18.0 Å². The molecule has 3 aromatic rings. The first-order chi connectivity index (χ1) is 14.4. The molecular formula is C21H22F2N4O2S. The summed E-state index contributed by atoms with van der Waals surface area (Å²) in [5, 5.41) is 4.70. The molecule has 1 aliphatic rings. The SMILES string of the molecule is O=S(=O)(Cc1cc(F)ccc1F)NCCn1nc(-c2ccccn2)c2c1CCCC2. The number of nitrogens with zero attached hydrogens (tertiary/aromatic N) is 3. The van der Waals surface area contributed by atoms with Crippen molar-refractivity contribution in [3.05, 3.63) is 71.1 Å². The second kappa shape index (κ2) is 8.61. The van der Waals surface area contributed by atoms with Crippen molar-refractivity contribution in [1.29, 1.82) is 0 Å². The first-order valence-corrected chi connectivity index (χ1v) is 11.5. The van der Waals surface area contributed by atoms with Crippen molar-refractivity contribution in [2.24, 2.45) is 0 Å². The molecule has 0 fully saturated rings. The van der Waals surface area contributed by atoms with Gasteiger partial charge in [0, 0.05) is 29.6 Å². The van der Waals surface area contributed by atoms with E-state index in [0.29, 0.717) is 6.54 Å². The molecule has 0 radical (unpaired) electrons. The van der Waals surface area contributed by atoms with E-state index in [-0.39, 0.29) is 12.1 Å². The lowest BCUT2D eigenvalue weighted by molar-refractivity contribution is 0.536. The largest absolute Gasteiger partial charge is 0.267 e. The lowest BCUT2D eigenvalue weighted by atomic mass is 9.95. The lowest BCUT2D eigenvalue weighted by Crippen LogP contribution is -2.29. The van der Waals surface area contributed by atoms with Crippen molar-refractivity contribution in [3.8, 4) is 11.4 Å². The molecule has 2 heterocycles. The van der Waals surface area contributed by atoms with Crippen LogP contribution in [0.5, 0.6) is 0 Å². The van der Waals surface area contributed by atoms with E-state index >= 15 is 0 Å². The fourth-order valence-corrected chi connectivity index (χ4v) is 4.92. The molecule has 0 bridgehead atoms. The summed E-state index contributed by atoms with van der Waals surface area (Å²) < 4.78 is 56.0. The van der Waals surface area contributed by atoms with Gasteiger partial charge in [0.2, 0.25) is 10.0 Å². The van der Waals surface area contributed by atoms with Gasteiger partial charge in [0.1, 0.15) is 17.3 Å². The van der Waals surface area contributed by atoms with E-state index in [9.17, 15) is 17.2 Å². The zero-order valence-corrected chi connectivity index (χ0v) is 17.1. The van der Waals surface area contributed by atoms with Crippen LogP contribution in [0.3, 0.4) is 0 Å². The second-order valence-corrected chi connectivity index (χ2v) is 9.12. The average molecular weight is 432 g/mol. The zero-order chi connectivity index (χ0) is 21.1. The first kappa shape index (κ1) is 20.6. The molecule has 0 spiro atoms. The number of hydrogen-bond donors (Lipinski definition) is 1. The number of rotatable bonds is 7. The molecule has 1 aliphatic carbocycles. The van der Waals surface area contributed by atoms with Crippen LogP contribution in [0.1, 0.15) is 29.7 Å². The molecule has 0 atom stereocenters. The number of benzene rings is 1. The van der Waals surface area contributed by atoms with E-state index in [1.54, 1.807) is 6.20 Å². The van der Waals surface area contributed by atoms with Gasteiger partial charge in [-0.25, -0.2) is 21.9 Å². The van der Waals surface area contributed by atoms with E-state index in [2.05, 4.69) is 9.71 Å². The highest BCUT2D eigenvalue weighted by Gasteiger charge is 2.22. The maximum absolute atomic E-state index is 13.8. The molecular weight excluding hydrogens is 410 g/mol. The highest BCUT2D eigenvalue weighted by molar-refractivity contribution is 7.88. The maximum atomic E-state index is 13.8. The predicted octanol–water partition coefficient (Wildman–Crippen LogP) is 3.22. The van der Waals surface area contributed by atoms with Gasteiger partial charge in [-0.2, -0.15) is 5.10 Å². The molecule has 30 heavy (non-hydrogen) atoms. The Morgan fingerprint density at radius 2 is 1.93 bits per heavy atom. The minimum Gasteiger partial charge on any atom is -0.267 e. The van der Waals surface area contributed by atoms with Crippen LogP contribution in [0.2, 0.25) is 0 Å². The highest BCUT2D eigenvalue weighted by Crippen LogP contribution is 2.30. The first-order valence-electron chi connectivity index (χ1n) is 9.84. The van der Waals surface area contributed by atoms with Crippen LogP contribution in [0.4, 0.5) is 8.78 Å². The van der Waals surface area contributed by atoms with Crippen LogP contribution in [-0.4, -0.2) is 29.7 Å². The minimum absolute atomic E-state index is 0.106. The molecule has 0 unspecified atom stereocenters. The third-order valence-corrected chi connectivity index (χ3v) is 6.50. The lowest BCUT2D eigenvalue weighted by Gasteiger charge is -2.14. The smallest absolute Gasteiger partial charge is 0.215 e. The molecule has 0 saturated carbocycles. The van der Waals surface area contributed by atoms with Crippen LogP contribution < -0.4 is 4.72 Å². The Kier molecular flexibility index (Phi) is 5.92. The summed E-state index contributed by atoms with van der Waals surface area (Å²) in [4.78, 5) is 4.40. The van der Waals surface area contributed by atoms with Gasteiger partial charge in [-0.05, 0) is 56.0 Å². The number of fused-ring (bicyclic) bond motifs is 1. The molecule has 1 aromatic carbocycles. The summed E-state index contributed by atoms with van der Waals surface area (Å²) in [6.45, 7) is 0.453. The molecule has 158 valence electrons. The molecule has 0 aliphatic heterocycles. The van der Waals surface area contributed by atoms with Crippen molar-refractivity contribution in [2.75, 3.05) is 6.54 Å². The number of pyridine rings is 1. The summed E-state index contributed by atoms with van der Waals surface area (Å²) in [5.74, 6) is -2.04. The standard InChI is InChI=1S/C21H22F2N4O2S/c22-16-8-9-18(23)15(13-16)14-30(28,29)25-11-12-27-20-7-2-1-5-17(20)21(26-27)19-6-3-4-10-24-19/h3-4,6,8-10,13,25H,1-2,5,7,11-12,14H2. The summed E-state index contributed by atoms with van der Waals surface area (Å²) in [5.41, 5.74) is 3.73. The number of halogens is 2. The van der Waals surface area contributed by atoms with E-state index in [4.69, 9.17) is 5.10 Å². The Bertz CT molecular complexity index is 1150. The van der Waals surface area contributed by atoms with Crippen molar-refractivity contribution >= 4 is 10.0 Å². The van der Waals surface area contributed by atoms with E-state index in [0.717, 1.165) is 61.0 Å². The third kappa shape index (κ3) is 4.57. The summed E-state index contributed by atoms with van der Waals surface area (Å²) in [6, 6.07) is 8.46. The van der Waals surface area contributed by atoms with E-state index in [1.165, 1.54) is 5.56 Å². The number of aromatic nitrogens is 3. The van der Waals surface area contributed by atoms with Gasteiger partial charge in [-0.3, -0.25) is 9.67 Å². The quantitative estimate of drug-likeness (QED) is 0.622.